The van der Waals surface area contributed by atoms with Gasteiger partial charge in [0, 0.05) is 41.7 Å². The lowest BCUT2D eigenvalue weighted by atomic mass is 10.1. The fourth-order valence-corrected chi connectivity index (χ4v) is 2.84. The summed E-state index contributed by atoms with van der Waals surface area (Å²) in [6, 6.07) is 11.0. The molecule has 0 bridgehead atoms. The van der Waals surface area contributed by atoms with E-state index in [0.29, 0.717) is 6.04 Å². The van der Waals surface area contributed by atoms with E-state index in [0.717, 1.165) is 23.2 Å². The van der Waals surface area contributed by atoms with Gasteiger partial charge in [0.05, 0.1) is 0 Å². The molecule has 0 radical (unpaired) electrons. The molecular formula is C16H18BrN3. The molecule has 1 heterocycles. The molecule has 0 saturated heterocycles. The van der Waals surface area contributed by atoms with Gasteiger partial charge in [-0.15, -0.1) is 0 Å². The minimum absolute atomic E-state index is 0.689. The molecule has 4 heteroatoms. The van der Waals surface area contributed by atoms with Crippen LogP contribution in [0.4, 0.5) is 5.69 Å². The summed E-state index contributed by atoms with van der Waals surface area (Å²) in [5.41, 5.74) is 9.39. The van der Waals surface area contributed by atoms with Gasteiger partial charge in [0.15, 0.2) is 0 Å². The minimum Gasteiger partial charge on any atom is -0.398 e. The summed E-state index contributed by atoms with van der Waals surface area (Å²) in [5, 5.41) is 0. The van der Waals surface area contributed by atoms with Crippen LogP contribution in [0.3, 0.4) is 0 Å². The normalized spacial score (nSPS) is 14.7. The van der Waals surface area contributed by atoms with Crippen LogP contribution in [0.2, 0.25) is 0 Å². The molecule has 20 heavy (non-hydrogen) atoms. The lowest BCUT2D eigenvalue weighted by molar-refractivity contribution is 0.246. The molecule has 2 N–H and O–H groups in total. The van der Waals surface area contributed by atoms with E-state index in [1.165, 1.54) is 24.0 Å². The molecule has 0 aliphatic heterocycles. The highest BCUT2D eigenvalue weighted by Gasteiger charge is 2.29. The molecule has 1 fully saturated rings. The smallest absolute Gasteiger partial charge is 0.0410 e. The van der Waals surface area contributed by atoms with Crippen molar-refractivity contribution in [3.63, 3.8) is 0 Å². The first-order valence-electron chi connectivity index (χ1n) is 6.89. The zero-order valence-electron chi connectivity index (χ0n) is 11.3. The Hall–Kier alpha value is -1.39. The van der Waals surface area contributed by atoms with Crippen molar-refractivity contribution in [1.82, 2.24) is 9.88 Å². The molecule has 1 aromatic heterocycles. The van der Waals surface area contributed by atoms with E-state index in [1.54, 1.807) is 0 Å². The second-order valence-electron chi connectivity index (χ2n) is 5.35. The maximum absolute atomic E-state index is 6.06. The van der Waals surface area contributed by atoms with Gasteiger partial charge < -0.3 is 5.73 Å². The van der Waals surface area contributed by atoms with Gasteiger partial charge in [-0.25, -0.2) is 0 Å². The molecule has 1 aromatic carbocycles. The Morgan fingerprint density at radius 2 is 2.00 bits per heavy atom. The molecule has 2 aromatic rings. The van der Waals surface area contributed by atoms with Crippen LogP contribution in [0.15, 0.2) is 47.2 Å². The number of rotatable bonds is 5. The molecule has 0 atom stereocenters. The number of halogens is 1. The lowest BCUT2D eigenvalue weighted by Gasteiger charge is -2.23. The molecule has 3 nitrogen and oxygen atoms in total. The van der Waals surface area contributed by atoms with E-state index in [4.69, 9.17) is 5.73 Å². The Kier molecular flexibility index (Phi) is 4.03. The number of aromatic nitrogens is 1. The summed E-state index contributed by atoms with van der Waals surface area (Å²) in [6.45, 7) is 1.83. The van der Waals surface area contributed by atoms with Crippen molar-refractivity contribution in [2.24, 2.45) is 0 Å². The number of hydrogen-bond acceptors (Lipinski definition) is 3. The maximum atomic E-state index is 6.06. The Morgan fingerprint density at radius 1 is 1.20 bits per heavy atom. The number of hydrogen-bond donors (Lipinski definition) is 1. The van der Waals surface area contributed by atoms with Crippen molar-refractivity contribution in [2.75, 3.05) is 5.73 Å². The number of nitrogens with zero attached hydrogens (tertiary/aromatic N) is 2. The van der Waals surface area contributed by atoms with Gasteiger partial charge in [-0.05, 0) is 52.0 Å². The topological polar surface area (TPSA) is 42.1 Å². The Morgan fingerprint density at radius 3 is 2.70 bits per heavy atom. The van der Waals surface area contributed by atoms with Gasteiger partial charge in [-0.3, -0.25) is 9.88 Å². The number of nitrogens with two attached hydrogens (primary N) is 1. The first-order valence-corrected chi connectivity index (χ1v) is 7.68. The Balaban J connectivity index is 1.75. The van der Waals surface area contributed by atoms with Crippen LogP contribution in [0.25, 0.3) is 0 Å². The summed E-state index contributed by atoms with van der Waals surface area (Å²) in [4.78, 5) is 6.74. The summed E-state index contributed by atoms with van der Waals surface area (Å²) in [5.74, 6) is 0. The van der Waals surface area contributed by atoms with Crippen LogP contribution >= 0.6 is 15.9 Å². The van der Waals surface area contributed by atoms with Crippen LogP contribution in [0, 0.1) is 0 Å². The number of para-hydroxylation sites is 1. The van der Waals surface area contributed by atoms with Crippen molar-refractivity contribution in [1.29, 1.82) is 0 Å². The molecule has 1 aliphatic carbocycles. The predicted molar refractivity (Wildman–Crippen MR) is 85.1 cm³/mol. The maximum Gasteiger partial charge on any atom is 0.0410 e. The first kappa shape index (κ1) is 13.6. The van der Waals surface area contributed by atoms with E-state index in [2.05, 4.69) is 44.0 Å². The zero-order valence-corrected chi connectivity index (χ0v) is 12.9. The summed E-state index contributed by atoms with van der Waals surface area (Å²) in [7, 11) is 0. The van der Waals surface area contributed by atoms with Crippen molar-refractivity contribution in [3.05, 3.63) is 58.3 Å². The summed E-state index contributed by atoms with van der Waals surface area (Å²) < 4.78 is 1.03. The second kappa shape index (κ2) is 5.94. The fourth-order valence-electron chi connectivity index (χ4n) is 2.43. The van der Waals surface area contributed by atoms with Gasteiger partial charge in [-0.2, -0.15) is 0 Å². The number of pyridine rings is 1. The number of anilines is 1. The van der Waals surface area contributed by atoms with Gasteiger partial charge in [0.25, 0.3) is 0 Å². The highest BCUT2D eigenvalue weighted by atomic mass is 79.9. The molecule has 0 spiro atoms. The van der Waals surface area contributed by atoms with Gasteiger partial charge in [0.2, 0.25) is 0 Å². The average molecular weight is 332 g/mol. The lowest BCUT2D eigenvalue weighted by Crippen LogP contribution is -2.25. The molecule has 1 aliphatic rings. The minimum atomic E-state index is 0.689. The molecule has 1 saturated carbocycles. The van der Waals surface area contributed by atoms with Gasteiger partial charge in [0.1, 0.15) is 0 Å². The van der Waals surface area contributed by atoms with Crippen LogP contribution in [0.1, 0.15) is 24.0 Å². The largest absolute Gasteiger partial charge is 0.398 e. The SMILES string of the molecule is Nc1ccccc1CN(Cc1cncc(Br)c1)C1CC1. The van der Waals surface area contributed by atoms with Crippen molar-refractivity contribution in [2.45, 2.75) is 32.0 Å². The fraction of sp³-hybridized carbons (Fsp3) is 0.312. The third kappa shape index (κ3) is 3.38. The Bertz CT molecular complexity index is 596. The molecule has 3 rings (SSSR count). The zero-order chi connectivity index (χ0) is 13.9. The predicted octanol–water partition coefficient (Wildman–Crippen LogP) is 3.59. The highest BCUT2D eigenvalue weighted by Crippen LogP contribution is 2.30. The molecule has 0 amide bonds. The third-order valence-electron chi connectivity index (χ3n) is 3.64. The number of nitrogen functional groups attached to an aromatic ring is 1. The van der Waals surface area contributed by atoms with E-state index in [1.807, 2.05) is 24.5 Å². The van der Waals surface area contributed by atoms with Crippen LogP contribution in [-0.2, 0) is 13.1 Å². The first-order chi connectivity index (χ1) is 9.72. The number of benzene rings is 1. The van der Waals surface area contributed by atoms with Crippen molar-refractivity contribution >= 4 is 21.6 Å². The second-order valence-corrected chi connectivity index (χ2v) is 6.26. The van der Waals surface area contributed by atoms with Crippen LogP contribution < -0.4 is 5.73 Å². The average Bonchev–Trinajstić information content (AvgIpc) is 3.25. The highest BCUT2D eigenvalue weighted by molar-refractivity contribution is 9.10. The monoisotopic (exact) mass is 331 g/mol. The van der Waals surface area contributed by atoms with Gasteiger partial charge >= 0.3 is 0 Å². The van der Waals surface area contributed by atoms with E-state index in [9.17, 15) is 0 Å². The summed E-state index contributed by atoms with van der Waals surface area (Å²) >= 11 is 3.48. The standard InChI is InChI=1S/C16H18BrN3/c17-14-7-12(8-19-9-14)10-20(15-5-6-15)11-13-3-1-2-4-16(13)18/h1-4,7-9,15H,5-6,10-11,18H2. The van der Waals surface area contributed by atoms with Crippen LogP contribution in [0.5, 0.6) is 0 Å². The molecular weight excluding hydrogens is 314 g/mol. The molecule has 0 unspecified atom stereocenters. The molecule has 104 valence electrons. The Labute approximate surface area is 127 Å². The van der Waals surface area contributed by atoms with Gasteiger partial charge in [-0.1, -0.05) is 18.2 Å². The van der Waals surface area contributed by atoms with E-state index >= 15 is 0 Å². The van der Waals surface area contributed by atoms with Crippen molar-refractivity contribution in [3.8, 4) is 0 Å². The third-order valence-corrected chi connectivity index (χ3v) is 4.07. The van der Waals surface area contributed by atoms with Crippen LogP contribution in [-0.4, -0.2) is 15.9 Å². The quantitative estimate of drug-likeness (QED) is 0.851. The van der Waals surface area contributed by atoms with E-state index < -0.39 is 0 Å². The van der Waals surface area contributed by atoms with E-state index in [-0.39, 0.29) is 0 Å². The van der Waals surface area contributed by atoms with Crippen molar-refractivity contribution < 1.29 is 0 Å². The summed E-state index contributed by atoms with van der Waals surface area (Å²) in [6.07, 6.45) is 6.33.